The number of carbonyl (C=O) groups excluding carboxylic acids is 6. The number of hydrazine groups is 2. The molecule has 0 spiro atoms. The van der Waals surface area contributed by atoms with Crippen molar-refractivity contribution in [2.45, 2.75) is 53.6 Å². The van der Waals surface area contributed by atoms with Crippen molar-refractivity contribution in [1.82, 2.24) is 29.5 Å². The molecule has 0 saturated heterocycles. The fourth-order valence-electron chi connectivity index (χ4n) is 6.37. The Kier molecular flexibility index (Phi) is 40.8. The first kappa shape index (κ1) is 76.9. The summed E-state index contributed by atoms with van der Waals surface area (Å²) in [7, 11) is 14.2. The van der Waals surface area contributed by atoms with Gasteiger partial charge in [-0.15, -0.1) is 5.01 Å². The molecule has 0 aromatic heterocycles. The molecule has 0 radical (unpaired) electrons. The van der Waals surface area contributed by atoms with E-state index in [-0.39, 0.29) is 48.2 Å². The number of amides is 5. The van der Waals surface area contributed by atoms with E-state index in [0.717, 1.165) is 52.0 Å². The summed E-state index contributed by atoms with van der Waals surface area (Å²) in [4.78, 5) is 98.0. The predicted molar refractivity (Wildman–Crippen MR) is 336 cm³/mol. The van der Waals surface area contributed by atoms with Crippen LogP contribution in [0.3, 0.4) is 0 Å². The summed E-state index contributed by atoms with van der Waals surface area (Å²) >= 11 is 0. The first-order chi connectivity index (χ1) is 38.6. The van der Waals surface area contributed by atoms with Gasteiger partial charge in [-0.05, 0) is 113 Å². The number of nitroso groups, excluding NO2 is 2. The molecule has 0 heterocycles. The topological polar surface area (TPSA) is 174 Å². The average Bonchev–Trinajstić information content (AvgIpc) is 3.52. The summed E-state index contributed by atoms with van der Waals surface area (Å²) in [5.41, 5.74) is 5.88. The summed E-state index contributed by atoms with van der Waals surface area (Å²) in [6.45, 7) is 38.1. The zero-order valence-electron chi connectivity index (χ0n) is 51.3. The van der Waals surface area contributed by atoms with Gasteiger partial charge in [-0.25, -0.2) is 0 Å². The number of carbonyl (C=O) groups is 6. The maximum atomic E-state index is 11.9. The van der Waals surface area contributed by atoms with Crippen LogP contribution in [0, 0.1) is 9.81 Å². The van der Waals surface area contributed by atoms with Crippen LogP contribution in [0.15, 0.2) is 174 Å². The SMILES string of the molecule is C=CC(=O)N(C(C)C)C(C)C.C=CC(=O)N(C)CC(=O)OC.C=CN(C)[N+](C)=O.C=CN(c1ccccc1)[N+](C)=O.C=Cc1ccc(C(=O)N(C)C)cc1.C=Cc1ccc(C(=O)N(CC)CC)cc1.C=Cc1ccccc1C(=O)N(C)C. The highest BCUT2D eigenvalue weighted by atomic mass is 16.5. The summed E-state index contributed by atoms with van der Waals surface area (Å²) < 4.78 is 4.35. The molecule has 4 aromatic carbocycles. The minimum Gasteiger partial charge on any atom is -0.468 e. The highest BCUT2D eigenvalue weighted by Gasteiger charge is 2.17. The Bertz CT molecular complexity index is 2670. The highest BCUT2D eigenvalue weighted by Crippen LogP contribution is 2.14. The first-order valence-corrected chi connectivity index (χ1v) is 26.0. The van der Waals surface area contributed by atoms with Crippen LogP contribution in [0.2, 0.25) is 0 Å². The lowest BCUT2D eigenvalue weighted by Crippen LogP contribution is -2.40. The van der Waals surface area contributed by atoms with Crippen LogP contribution in [0.25, 0.3) is 18.2 Å². The van der Waals surface area contributed by atoms with Gasteiger partial charge in [-0.1, -0.05) is 130 Å². The number of hydrogen-bond donors (Lipinski definition) is 0. The molecule has 0 bridgehead atoms. The van der Waals surface area contributed by atoms with Gasteiger partial charge in [0, 0.05) is 77.1 Å². The largest absolute Gasteiger partial charge is 0.468 e. The molecule has 0 aliphatic rings. The molecule has 0 unspecified atom stereocenters. The zero-order chi connectivity index (χ0) is 63.7. The lowest BCUT2D eigenvalue weighted by Gasteiger charge is -2.29. The Hall–Kier alpha value is -9.32. The Balaban J connectivity index is -0.000000896. The summed E-state index contributed by atoms with van der Waals surface area (Å²) in [5.74, 6) is -0.602. The van der Waals surface area contributed by atoms with E-state index < -0.39 is 5.97 Å². The lowest BCUT2D eigenvalue weighted by atomic mass is 10.1. The number of anilines is 1. The molecule has 18 nitrogen and oxygen atoms in total. The average molecular weight is 1130 g/mol. The first-order valence-electron chi connectivity index (χ1n) is 26.0. The van der Waals surface area contributed by atoms with Crippen LogP contribution in [0.5, 0.6) is 0 Å². The minimum absolute atomic E-state index is 0.00926. The Labute approximate surface area is 489 Å². The van der Waals surface area contributed by atoms with Gasteiger partial charge in [-0.3, -0.25) is 28.8 Å². The summed E-state index contributed by atoms with van der Waals surface area (Å²) in [6.07, 6.45) is 10.6. The van der Waals surface area contributed by atoms with E-state index in [1.807, 2.05) is 131 Å². The third-order valence-corrected chi connectivity index (χ3v) is 11.0. The van der Waals surface area contributed by atoms with Crippen molar-refractivity contribution < 1.29 is 43.2 Å². The van der Waals surface area contributed by atoms with E-state index in [1.54, 1.807) is 86.4 Å². The van der Waals surface area contributed by atoms with Crippen molar-refractivity contribution in [2.24, 2.45) is 0 Å². The van der Waals surface area contributed by atoms with E-state index in [2.05, 4.69) is 50.8 Å². The van der Waals surface area contributed by atoms with Crippen LogP contribution in [0.4, 0.5) is 5.69 Å². The number of para-hydroxylation sites is 1. The van der Waals surface area contributed by atoms with Gasteiger partial charge in [0.2, 0.25) is 25.9 Å². The van der Waals surface area contributed by atoms with Gasteiger partial charge in [-0.2, -0.15) is 0 Å². The van der Waals surface area contributed by atoms with Crippen LogP contribution < -0.4 is 5.01 Å². The standard InChI is InChI=1S/C13H17NO.2C11H13NO.C9H11N2O.C9H17NO.C7H11NO3.C4H9N2O/c1-4-11-7-9-12(10-8-11)13(15)14(5-2)6-3;1-4-9-5-7-10(8-6-9)11(13)12(2)3;1-4-9-7-5-6-8-10(9)11(13)12(2)3;1-3-11(10(2)12)9-7-5-4-6-8-9;1-6-9(11)10(7(2)3)8(4)5;1-4-6(9)8(2)5-7(10)11-3;1-4-5(2)6(3)7/h4,7-10H,1,5-6H2,2-3H3;2*4-8H,1H2,2-3H3;3-8H,1H2,2H3;6-8H,1H2,2-5H3;4H,1,5H2,2-3H3;4H,1H2,2-3H3/q;;;+1;;;+1. The summed E-state index contributed by atoms with van der Waals surface area (Å²) in [6, 6.07) is 32.1. The van der Waals surface area contributed by atoms with E-state index in [1.165, 1.54) is 61.6 Å². The Morgan fingerprint density at radius 3 is 1.27 bits per heavy atom. The Morgan fingerprint density at radius 1 is 0.537 bits per heavy atom. The van der Waals surface area contributed by atoms with Gasteiger partial charge in [0.15, 0.2) is 0 Å². The Morgan fingerprint density at radius 2 is 0.963 bits per heavy atom. The van der Waals surface area contributed by atoms with Crippen molar-refractivity contribution in [3.05, 3.63) is 217 Å². The van der Waals surface area contributed by atoms with E-state index in [4.69, 9.17) is 0 Å². The molecule has 0 N–H and O–H groups in total. The number of esters is 1. The molecule has 82 heavy (non-hydrogen) atoms. The van der Waals surface area contributed by atoms with E-state index in [0.29, 0.717) is 16.0 Å². The number of likely N-dealkylation sites (N-methyl/N-ethyl adjacent to an activating group) is 1. The minimum atomic E-state index is -0.442. The predicted octanol–water partition coefficient (Wildman–Crippen LogP) is 10.8. The fraction of sp³-hybridized carbons (Fsp3) is 0.312. The zero-order valence-corrected chi connectivity index (χ0v) is 51.3. The molecule has 4 aromatic rings. The molecule has 444 valence electrons. The van der Waals surface area contributed by atoms with Crippen molar-refractivity contribution in [3.8, 4) is 0 Å². The van der Waals surface area contributed by atoms with Crippen molar-refractivity contribution in [1.29, 1.82) is 0 Å². The molecule has 0 fully saturated rings. The maximum absolute atomic E-state index is 11.9. The number of ether oxygens (including phenoxy) is 1. The lowest BCUT2D eigenvalue weighted by molar-refractivity contribution is -0.664. The van der Waals surface area contributed by atoms with Crippen LogP contribution >= 0.6 is 0 Å². The normalized spacial score (nSPS) is 9.28. The van der Waals surface area contributed by atoms with Crippen molar-refractivity contribution in [2.75, 3.05) is 88.1 Å². The molecular formula is C64H91N9O9+2. The highest BCUT2D eigenvalue weighted by molar-refractivity contribution is 5.97. The number of methoxy groups -OCH3 is 1. The van der Waals surface area contributed by atoms with Crippen LogP contribution in [-0.2, 0) is 19.1 Å². The number of nitrogens with zero attached hydrogens (tertiary/aromatic N) is 9. The molecule has 4 rings (SSSR count). The second-order valence-corrected chi connectivity index (χ2v) is 18.0. The van der Waals surface area contributed by atoms with Gasteiger partial charge >= 0.3 is 5.97 Å². The van der Waals surface area contributed by atoms with E-state index in [9.17, 15) is 38.6 Å². The molecule has 18 heteroatoms. The van der Waals surface area contributed by atoms with Gasteiger partial charge < -0.3 is 29.2 Å². The van der Waals surface area contributed by atoms with Gasteiger partial charge in [0.1, 0.15) is 22.0 Å². The third kappa shape index (κ3) is 30.7. The van der Waals surface area contributed by atoms with Gasteiger partial charge in [0.25, 0.3) is 17.7 Å². The molecule has 5 amide bonds. The molecule has 0 atom stereocenters. The van der Waals surface area contributed by atoms with Crippen molar-refractivity contribution >= 4 is 59.4 Å². The quantitative estimate of drug-likeness (QED) is 0.0378. The van der Waals surface area contributed by atoms with Crippen LogP contribution in [-0.4, -0.2) is 170 Å². The number of rotatable bonds is 19. The molecule has 0 aliphatic carbocycles. The molecule has 0 saturated carbocycles. The fourth-order valence-corrected chi connectivity index (χ4v) is 6.37. The number of hydrogen-bond acceptors (Lipinski definition) is 9. The van der Waals surface area contributed by atoms with E-state index >= 15 is 0 Å². The second kappa shape index (κ2) is 43.5. The summed E-state index contributed by atoms with van der Waals surface area (Å²) in [5, 5.41) is 2.75. The molecular weight excluding hydrogens is 1040 g/mol. The third-order valence-electron chi connectivity index (χ3n) is 11.0. The maximum Gasteiger partial charge on any atom is 0.325 e. The smallest absolute Gasteiger partial charge is 0.325 e. The van der Waals surface area contributed by atoms with Crippen molar-refractivity contribution in [3.63, 3.8) is 0 Å². The second-order valence-electron chi connectivity index (χ2n) is 18.0. The molecule has 0 aliphatic heterocycles. The number of benzene rings is 4. The monoisotopic (exact) mass is 1130 g/mol. The van der Waals surface area contributed by atoms with Crippen LogP contribution in [0.1, 0.15) is 89.3 Å². The van der Waals surface area contributed by atoms with Gasteiger partial charge in [0.05, 0.1) is 36.4 Å².